The molecule has 0 heterocycles. The maximum Gasteiger partial charge on any atom is 0.338 e. The van der Waals surface area contributed by atoms with Gasteiger partial charge in [-0.05, 0) is 35.6 Å². The van der Waals surface area contributed by atoms with Crippen molar-refractivity contribution in [2.45, 2.75) is 58.3 Å². The summed E-state index contributed by atoms with van der Waals surface area (Å²) < 4.78 is 4.94. The fraction of sp³-hybridized carbons (Fsp3) is 0.435. The monoisotopic (exact) mass is 338 g/mol. The van der Waals surface area contributed by atoms with E-state index in [0.29, 0.717) is 5.56 Å². The third kappa shape index (κ3) is 5.74. The molecule has 0 aromatic heterocycles. The van der Waals surface area contributed by atoms with Crippen molar-refractivity contribution in [1.29, 1.82) is 0 Å². The third-order valence-electron chi connectivity index (χ3n) is 4.69. The first kappa shape index (κ1) is 19.2. The molecule has 25 heavy (non-hydrogen) atoms. The lowest BCUT2D eigenvalue weighted by molar-refractivity contribution is 0.0601. The van der Waals surface area contributed by atoms with Gasteiger partial charge in [0.15, 0.2) is 0 Å². The van der Waals surface area contributed by atoms with Crippen LogP contribution in [0.2, 0.25) is 0 Å². The highest BCUT2D eigenvalue weighted by Crippen LogP contribution is 2.29. The highest BCUT2D eigenvalue weighted by molar-refractivity contribution is 5.97. The van der Waals surface area contributed by atoms with E-state index in [1.807, 2.05) is 30.3 Å². The summed E-state index contributed by atoms with van der Waals surface area (Å²) in [6.45, 7) is 2.25. The van der Waals surface area contributed by atoms with Crippen LogP contribution >= 0.6 is 0 Å². The molecule has 0 bridgehead atoms. The Morgan fingerprint density at radius 1 is 0.800 bits per heavy atom. The van der Waals surface area contributed by atoms with Gasteiger partial charge in [0.25, 0.3) is 0 Å². The van der Waals surface area contributed by atoms with Gasteiger partial charge in [0.1, 0.15) is 0 Å². The number of aryl methyl sites for hydroxylation is 1. The van der Waals surface area contributed by atoms with E-state index in [1.54, 1.807) is 0 Å². The molecule has 2 aromatic carbocycles. The van der Waals surface area contributed by atoms with Crippen LogP contribution in [0.3, 0.4) is 0 Å². The Balaban J connectivity index is 2.05. The zero-order valence-electron chi connectivity index (χ0n) is 15.6. The standard InChI is InChI=1S/C23H30O2/c1-3-4-5-6-7-8-9-14-19-15-10-11-16-20(19)21-17-12-13-18-22(21)23(24)25-2/h10-13,15-18H,3-9,14H2,1-2H3. The number of benzene rings is 2. The SMILES string of the molecule is CCCCCCCCCc1ccccc1-c1ccccc1C(=O)OC. The fourth-order valence-electron chi connectivity index (χ4n) is 3.28. The van der Waals surface area contributed by atoms with Crippen LogP contribution in [0.1, 0.15) is 67.8 Å². The summed E-state index contributed by atoms with van der Waals surface area (Å²) in [4.78, 5) is 12.1. The van der Waals surface area contributed by atoms with Crippen LogP contribution < -0.4 is 0 Å². The molecular formula is C23H30O2. The highest BCUT2D eigenvalue weighted by atomic mass is 16.5. The summed E-state index contributed by atoms with van der Waals surface area (Å²) in [5.74, 6) is -0.277. The maximum absolute atomic E-state index is 12.1. The van der Waals surface area contributed by atoms with Gasteiger partial charge < -0.3 is 4.74 Å². The molecule has 2 nitrogen and oxygen atoms in total. The summed E-state index contributed by atoms with van der Waals surface area (Å²) in [6.07, 6.45) is 10.2. The minimum Gasteiger partial charge on any atom is -0.465 e. The number of esters is 1. The first-order valence-corrected chi connectivity index (χ1v) is 9.53. The van der Waals surface area contributed by atoms with Crippen molar-refractivity contribution in [1.82, 2.24) is 0 Å². The first-order chi connectivity index (χ1) is 12.3. The van der Waals surface area contributed by atoms with E-state index in [1.165, 1.54) is 57.6 Å². The van der Waals surface area contributed by atoms with Gasteiger partial charge >= 0.3 is 5.97 Å². The van der Waals surface area contributed by atoms with Crippen molar-refractivity contribution < 1.29 is 9.53 Å². The van der Waals surface area contributed by atoms with E-state index in [-0.39, 0.29) is 5.97 Å². The van der Waals surface area contributed by atoms with Gasteiger partial charge in [0.2, 0.25) is 0 Å². The number of methoxy groups -OCH3 is 1. The van der Waals surface area contributed by atoms with Crippen LogP contribution in [0.5, 0.6) is 0 Å². The van der Waals surface area contributed by atoms with E-state index in [0.717, 1.165) is 17.5 Å². The molecule has 0 amide bonds. The van der Waals surface area contributed by atoms with Crippen LogP contribution in [-0.2, 0) is 11.2 Å². The molecular weight excluding hydrogens is 308 g/mol. The summed E-state index contributed by atoms with van der Waals surface area (Å²) in [5.41, 5.74) is 4.06. The van der Waals surface area contributed by atoms with E-state index >= 15 is 0 Å². The first-order valence-electron chi connectivity index (χ1n) is 9.53. The third-order valence-corrected chi connectivity index (χ3v) is 4.69. The van der Waals surface area contributed by atoms with Crippen molar-refractivity contribution >= 4 is 5.97 Å². The van der Waals surface area contributed by atoms with Crippen molar-refractivity contribution in [3.05, 3.63) is 59.7 Å². The Kier molecular flexibility index (Phi) is 8.24. The minimum absolute atomic E-state index is 0.277. The van der Waals surface area contributed by atoms with Crippen molar-refractivity contribution in [2.75, 3.05) is 7.11 Å². The second kappa shape index (κ2) is 10.7. The van der Waals surface area contributed by atoms with E-state index in [9.17, 15) is 4.79 Å². The van der Waals surface area contributed by atoms with E-state index in [4.69, 9.17) is 4.74 Å². The number of carbonyl (C=O) groups is 1. The smallest absolute Gasteiger partial charge is 0.338 e. The molecule has 0 fully saturated rings. The van der Waals surface area contributed by atoms with E-state index < -0.39 is 0 Å². The van der Waals surface area contributed by atoms with Crippen LogP contribution in [0.15, 0.2) is 48.5 Å². The molecule has 0 saturated carbocycles. The summed E-state index contributed by atoms with van der Waals surface area (Å²) in [6, 6.07) is 16.1. The van der Waals surface area contributed by atoms with Gasteiger partial charge in [-0.2, -0.15) is 0 Å². The van der Waals surface area contributed by atoms with E-state index in [2.05, 4.69) is 25.1 Å². The molecule has 2 rings (SSSR count). The number of unbranched alkanes of at least 4 members (excludes halogenated alkanes) is 6. The normalized spacial score (nSPS) is 10.6. The predicted octanol–water partition coefficient (Wildman–Crippen LogP) is 6.43. The molecule has 0 N–H and O–H groups in total. The van der Waals surface area contributed by atoms with Crippen LogP contribution in [0.25, 0.3) is 11.1 Å². The molecule has 0 aliphatic heterocycles. The molecule has 0 aliphatic rings. The molecule has 2 aromatic rings. The number of hydrogen-bond donors (Lipinski definition) is 0. The summed E-state index contributed by atoms with van der Waals surface area (Å²) in [7, 11) is 1.43. The lowest BCUT2D eigenvalue weighted by atomic mass is 9.92. The lowest BCUT2D eigenvalue weighted by Crippen LogP contribution is -2.04. The predicted molar refractivity (Wildman–Crippen MR) is 105 cm³/mol. The average Bonchev–Trinajstić information content (AvgIpc) is 2.67. The largest absolute Gasteiger partial charge is 0.465 e. The van der Waals surface area contributed by atoms with Crippen LogP contribution in [-0.4, -0.2) is 13.1 Å². The molecule has 0 unspecified atom stereocenters. The summed E-state index contributed by atoms with van der Waals surface area (Å²) in [5, 5.41) is 0. The molecule has 0 saturated heterocycles. The quantitative estimate of drug-likeness (QED) is 0.368. The molecule has 0 radical (unpaired) electrons. The zero-order chi connectivity index (χ0) is 17.9. The van der Waals surface area contributed by atoms with Gasteiger partial charge in [-0.1, -0.05) is 87.9 Å². The Bertz CT molecular complexity index is 661. The number of carbonyl (C=O) groups excluding carboxylic acids is 1. The Morgan fingerprint density at radius 3 is 2.12 bits per heavy atom. The number of rotatable bonds is 10. The molecule has 0 aliphatic carbocycles. The number of ether oxygens (including phenoxy) is 1. The Hall–Kier alpha value is -2.09. The Labute approximate surface area is 152 Å². The lowest BCUT2D eigenvalue weighted by Gasteiger charge is -2.13. The van der Waals surface area contributed by atoms with Crippen molar-refractivity contribution in [3.8, 4) is 11.1 Å². The summed E-state index contributed by atoms with van der Waals surface area (Å²) >= 11 is 0. The molecule has 2 heteroatoms. The second-order valence-corrected chi connectivity index (χ2v) is 6.57. The van der Waals surface area contributed by atoms with Gasteiger partial charge in [-0.25, -0.2) is 4.79 Å². The van der Waals surface area contributed by atoms with Crippen molar-refractivity contribution in [3.63, 3.8) is 0 Å². The van der Waals surface area contributed by atoms with Gasteiger partial charge in [0.05, 0.1) is 12.7 Å². The van der Waals surface area contributed by atoms with Gasteiger partial charge in [-0.3, -0.25) is 0 Å². The van der Waals surface area contributed by atoms with Crippen LogP contribution in [0, 0.1) is 0 Å². The zero-order valence-corrected chi connectivity index (χ0v) is 15.6. The Morgan fingerprint density at radius 2 is 1.40 bits per heavy atom. The topological polar surface area (TPSA) is 26.3 Å². The fourth-order valence-corrected chi connectivity index (χ4v) is 3.28. The minimum atomic E-state index is -0.277. The maximum atomic E-state index is 12.1. The van der Waals surface area contributed by atoms with Gasteiger partial charge in [0, 0.05) is 0 Å². The molecule has 134 valence electrons. The second-order valence-electron chi connectivity index (χ2n) is 6.57. The highest BCUT2D eigenvalue weighted by Gasteiger charge is 2.14. The van der Waals surface area contributed by atoms with Crippen LogP contribution in [0.4, 0.5) is 0 Å². The molecule has 0 atom stereocenters. The number of hydrogen-bond acceptors (Lipinski definition) is 2. The van der Waals surface area contributed by atoms with Crippen molar-refractivity contribution in [2.24, 2.45) is 0 Å². The average molecular weight is 338 g/mol. The molecule has 0 spiro atoms. The van der Waals surface area contributed by atoms with Gasteiger partial charge in [-0.15, -0.1) is 0 Å².